The van der Waals surface area contributed by atoms with Crippen molar-refractivity contribution in [2.24, 2.45) is 0 Å². The lowest BCUT2D eigenvalue weighted by Gasteiger charge is -2.08. The minimum absolute atomic E-state index is 0.102. The Labute approximate surface area is 78.9 Å². The van der Waals surface area contributed by atoms with Gasteiger partial charge in [0.2, 0.25) is 0 Å². The van der Waals surface area contributed by atoms with Crippen molar-refractivity contribution in [3.63, 3.8) is 0 Å². The summed E-state index contributed by atoms with van der Waals surface area (Å²) in [6.07, 6.45) is 1.92. The highest BCUT2D eigenvalue weighted by molar-refractivity contribution is 5.93. The molecule has 0 aromatic carbocycles. The Morgan fingerprint density at radius 3 is 2.31 bits per heavy atom. The van der Waals surface area contributed by atoms with Gasteiger partial charge in [0.15, 0.2) is 5.78 Å². The molecule has 0 fully saturated rings. The third kappa shape index (κ3) is 1.89. The highest BCUT2D eigenvalue weighted by atomic mass is 16.1. The smallest absolute Gasteiger partial charge is 0.176 e. The van der Waals surface area contributed by atoms with Gasteiger partial charge in [-0.2, -0.15) is 0 Å². The SMILES string of the molecule is CC(=O)c1cccn1C(C)=C(C)C. The molecule has 2 nitrogen and oxygen atoms in total. The molecule has 1 aromatic heterocycles. The summed E-state index contributed by atoms with van der Waals surface area (Å²) in [4.78, 5) is 11.2. The average molecular weight is 177 g/mol. The van der Waals surface area contributed by atoms with E-state index >= 15 is 0 Å². The van der Waals surface area contributed by atoms with Crippen LogP contribution in [0, 0.1) is 0 Å². The maximum absolute atomic E-state index is 11.2. The van der Waals surface area contributed by atoms with Crippen LogP contribution in [0.3, 0.4) is 0 Å². The topological polar surface area (TPSA) is 22.0 Å². The van der Waals surface area contributed by atoms with Crippen molar-refractivity contribution in [1.82, 2.24) is 4.57 Å². The molecule has 0 saturated heterocycles. The van der Waals surface area contributed by atoms with Gasteiger partial charge in [-0.1, -0.05) is 5.57 Å². The van der Waals surface area contributed by atoms with Gasteiger partial charge in [0.05, 0.1) is 5.69 Å². The van der Waals surface area contributed by atoms with Gasteiger partial charge in [-0.05, 0) is 32.9 Å². The minimum Gasteiger partial charge on any atom is -0.318 e. The number of hydrogen-bond acceptors (Lipinski definition) is 1. The molecule has 70 valence electrons. The molecule has 0 saturated carbocycles. The summed E-state index contributed by atoms with van der Waals surface area (Å²) in [5.74, 6) is 0.102. The summed E-state index contributed by atoms with van der Waals surface area (Å²) in [6, 6.07) is 3.73. The Morgan fingerprint density at radius 1 is 1.23 bits per heavy atom. The zero-order valence-electron chi connectivity index (χ0n) is 8.59. The number of ketones is 1. The third-order valence-corrected chi connectivity index (χ3v) is 2.19. The van der Waals surface area contributed by atoms with E-state index in [1.54, 1.807) is 6.92 Å². The first-order valence-electron chi connectivity index (χ1n) is 4.36. The number of rotatable bonds is 2. The van der Waals surface area contributed by atoms with Gasteiger partial charge in [0, 0.05) is 18.8 Å². The first-order valence-corrected chi connectivity index (χ1v) is 4.36. The zero-order valence-corrected chi connectivity index (χ0v) is 8.59. The van der Waals surface area contributed by atoms with Crippen LogP contribution in [0.2, 0.25) is 0 Å². The highest BCUT2D eigenvalue weighted by Crippen LogP contribution is 2.14. The standard InChI is InChI=1S/C11H15NO/c1-8(2)9(3)12-7-5-6-11(12)10(4)13/h5-7H,1-4H3. The molecule has 13 heavy (non-hydrogen) atoms. The van der Waals surface area contributed by atoms with Gasteiger partial charge in [0.25, 0.3) is 0 Å². The van der Waals surface area contributed by atoms with Gasteiger partial charge in [-0.25, -0.2) is 0 Å². The maximum atomic E-state index is 11.2. The van der Waals surface area contributed by atoms with E-state index < -0.39 is 0 Å². The second-order valence-electron chi connectivity index (χ2n) is 3.41. The van der Waals surface area contributed by atoms with Gasteiger partial charge >= 0.3 is 0 Å². The van der Waals surface area contributed by atoms with Gasteiger partial charge in [-0.15, -0.1) is 0 Å². The number of carbonyl (C=O) groups is 1. The summed E-state index contributed by atoms with van der Waals surface area (Å²) in [6.45, 7) is 7.68. The van der Waals surface area contributed by atoms with E-state index in [0.717, 1.165) is 11.4 Å². The monoisotopic (exact) mass is 177 g/mol. The van der Waals surface area contributed by atoms with Crippen LogP contribution < -0.4 is 0 Å². The van der Waals surface area contributed by atoms with Gasteiger partial charge in [0.1, 0.15) is 0 Å². The average Bonchev–Trinajstić information content (AvgIpc) is 2.50. The fourth-order valence-corrected chi connectivity index (χ4v) is 1.20. The molecule has 0 bridgehead atoms. The van der Waals surface area contributed by atoms with Crippen molar-refractivity contribution in [2.75, 3.05) is 0 Å². The van der Waals surface area contributed by atoms with Crippen LogP contribution in [-0.2, 0) is 0 Å². The summed E-state index contributed by atoms with van der Waals surface area (Å²) in [7, 11) is 0. The molecule has 0 aliphatic heterocycles. The van der Waals surface area contributed by atoms with E-state index in [4.69, 9.17) is 0 Å². The molecule has 1 aromatic rings. The molecule has 0 unspecified atom stereocenters. The van der Waals surface area contributed by atoms with E-state index in [0.29, 0.717) is 0 Å². The number of hydrogen-bond donors (Lipinski definition) is 0. The Hall–Kier alpha value is -1.31. The number of allylic oxidation sites excluding steroid dienone is 2. The van der Waals surface area contributed by atoms with E-state index in [1.165, 1.54) is 5.57 Å². The zero-order chi connectivity index (χ0) is 10.0. The number of aromatic nitrogens is 1. The van der Waals surface area contributed by atoms with Gasteiger partial charge < -0.3 is 4.57 Å². The quantitative estimate of drug-likeness (QED) is 0.636. The summed E-state index contributed by atoms with van der Waals surface area (Å²) < 4.78 is 1.93. The van der Waals surface area contributed by atoms with Crippen molar-refractivity contribution in [3.05, 3.63) is 29.6 Å². The summed E-state index contributed by atoms with van der Waals surface area (Å²) >= 11 is 0. The van der Waals surface area contributed by atoms with Crippen molar-refractivity contribution < 1.29 is 4.79 Å². The van der Waals surface area contributed by atoms with Crippen molar-refractivity contribution in [1.29, 1.82) is 0 Å². The normalized spacial score (nSPS) is 9.85. The Morgan fingerprint density at radius 2 is 1.85 bits per heavy atom. The molecule has 0 aliphatic rings. The molecule has 0 aliphatic carbocycles. The van der Waals surface area contributed by atoms with Crippen LogP contribution in [-0.4, -0.2) is 10.4 Å². The van der Waals surface area contributed by atoms with E-state index in [9.17, 15) is 4.79 Å². The molecule has 0 spiro atoms. The summed E-state index contributed by atoms with van der Waals surface area (Å²) in [5, 5.41) is 0. The number of nitrogens with zero attached hydrogens (tertiary/aromatic N) is 1. The van der Waals surface area contributed by atoms with Crippen molar-refractivity contribution in [3.8, 4) is 0 Å². The fraction of sp³-hybridized carbons (Fsp3) is 0.364. The highest BCUT2D eigenvalue weighted by Gasteiger charge is 2.06. The lowest BCUT2D eigenvalue weighted by atomic mass is 10.2. The second kappa shape index (κ2) is 3.60. The molecule has 0 radical (unpaired) electrons. The van der Waals surface area contributed by atoms with Crippen LogP contribution >= 0.6 is 0 Å². The molecule has 2 heteroatoms. The molecule has 1 heterocycles. The van der Waals surface area contributed by atoms with Crippen molar-refractivity contribution >= 4 is 11.5 Å². The molecule has 0 amide bonds. The third-order valence-electron chi connectivity index (χ3n) is 2.19. The summed E-state index contributed by atoms with van der Waals surface area (Å²) in [5.41, 5.74) is 3.09. The Kier molecular flexibility index (Phi) is 2.71. The number of carbonyl (C=O) groups excluding carboxylic acids is 1. The maximum Gasteiger partial charge on any atom is 0.176 e. The van der Waals surface area contributed by atoms with Gasteiger partial charge in [-0.3, -0.25) is 4.79 Å². The van der Waals surface area contributed by atoms with Crippen LogP contribution in [0.5, 0.6) is 0 Å². The molecule has 0 N–H and O–H groups in total. The van der Waals surface area contributed by atoms with Crippen LogP contribution in [0.1, 0.15) is 38.2 Å². The lowest BCUT2D eigenvalue weighted by Crippen LogP contribution is -2.03. The molecular formula is C11H15NO. The first kappa shape index (κ1) is 9.78. The first-order chi connectivity index (χ1) is 6.04. The molecule has 0 atom stereocenters. The predicted molar refractivity (Wildman–Crippen MR) is 54.7 cm³/mol. The Bertz CT molecular complexity index is 354. The van der Waals surface area contributed by atoms with E-state index in [-0.39, 0.29) is 5.78 Å². The molecule has 1 rings (SSSR count). The lowest BCUT2D eigenvalue weighted by molar-refractivity contribution is 0.101. The predicted octanol–water partition coefficient (Wildman–Crippen LogP) is 2.96. The van der Waals surface area contributed by atoms with Crippen LogP contribution in [0.25, 0.3) is 5.70 Å². The van der Waals surface area contributed by atoms with E-state index in [2.05, 4.69) is 0 Å². The van der Waals surface area contributed by atoms with Crippen LogP contribution in [0.4, 0.5) is 0 Å². The molecular weight excluding hydrogens is 162 g/mol. The van der Waals surface area contributed by atoms with Crippen molar-refractivity contribution in [2.45, 2.75) is 27.7 Å². The van der Waals surface area contributed by atoms with E-state index in [1.807, 2.05) is 43.7 Å². The van der Waals surface area contributed by atoms with Crippen LogP contribution in [0.15, 0.2) is 23.9 Å². The fourth-order valence-electron chi connectivity index (χ4n) is 1.20. The number of Topliss-reactive ketones (excluding diaryl/α,β-unsaturated/α-hetero) is 1. The second-order valence-corrected chi connectivity index (χ2v) is 3.41. The largest absolute Gasteiger partial charge is 0.318 e. The Balaban J connectivity index is 3.23. The minimum atomic E-state index is 0.102.